The van der Waals surface area contributed by atoms with E-state index in [-0.39, 0.29) is 0 Å². The predicted octanol–water partition coefficient (Wildman–Crippen LogP) is 4.70. The molecule has 1 saturated heterocycles. The van der Waals surface area contributed by atoms with Gasteiger partial charge >= 0.3 is 0 Å². The number of hydrogen-bond donors (Lipinski definition) is 0. The lowest BCUT2D eigenvalue weighted by atomic mass is 9.96. The maximum absolute atomic E-state index is 5.14. The largest absolute Gasteiger partial charge is 0.351 e. The first-order valence-corrected chi connectivity index (χ1v) is 9.40. The molecule has 1 aromatic rings. The monoisotopic (exact) mass is 302 g/mol. The van der Waals surface area contributed by atoms with Crippen LogP contribution in [0, 0.1) is 0 Å². The van der Waals surface area contributed by atoms with Crippen molar-refractivity contribution in [1.29, 1.82) is 0 Å². The van der Waals surface area contributed by atoms with E-state index in [1.54, 1.807) is 0 Å². The summed E-state index contributed by atoms with van der Waals surface area (Å²) >= 11 is 1.94. The van der Waals surface area contributed by atoms with E-state index < -0.39 is 0 Å². The molecule has 114 valence electrons. The highest BCUT2D eigenvalue weighted by Gasteiger charge is 2.20. The summed E-state index contributed by atoms with van der Waals surface area (Å²) in [6.07, 6.45) is 9.38. The molecule has 0 bridgehead atoms. The van der Waals surface area contributed by atoms with E-state index in [0.29, 0.717) is 6.04 Å². The smallest absolute Gasteiger partial charge is 0.159 e. The zero-order valence-corrected chi connectivity index (χ0v) is 13.7. The molecule has 0 atom stereocenters. The van der Waals surface area contributed by atoms with Gasteiger partial charge in [-0.1, -0.05) is 61.4 Å². The Kier molecular flexibility index (Phi) is 5.61. The quantitative estimate of drug-likeness (QED) is 0.594. The lowest BCUT2D eigenvalue weighted by molar-refractivity contribution is 0.435. The van der Waals surface area contributed by atoms with Gasteiger partial charge < -0.3 is 4.90 Å². The Bertz CT molecular complexity index is 446. The zero-order chi connectivity index (χ0) is 14.3. The maximum Gasteiger partial charge on any atom is 0.159 e. The average molecular weight is 302 g/mol. The van der Waals surface area contributed by atoms with E-state index in [0.717, 1.165) is 5.75 Å². The van der Waals surface area contributed by atoms with Crippen LogP contribution in [-0.4, -0.2) is 29.2 Å². The Labute approximate surface area is 133 Å². The van der Waals surface area contributed by atoms with E-state index in [2.05, 4.69) is 35.2 Å². The van der Waals surface area contributed by atoms with Crippen molar-refractivity contribution in [1.82, 2.24) is 4.90 Å². The summed E-state index contributed by atoms with van der Waals surface area (Å²) in [5.74, 6) is 1.04. The minimum Gasteiger partial charge on any atom is -0.351 e. The first kappa shape index (κ1) is 15.0. The third-order valence-corrected chi connectivity index (χ3v) is 5.55. The third-order valence-electron chi connectivity index (χ3n) is 4.46. The van der Waals surface area contributed by atoms with Crippen molar-refractivity contribution in [3.63, 3.8) is 0 Å². The van der Waals surface area contributed by atoms with Gasteiger partial charge in [-0.05, 0) is 31.2 Å². The molecule has 1 aromatic carbocycles. The molecule has 0 spiro atoms. The molecule has 3 rings (SSSR count). The van der Waals surface area contributed by atoms with Crippen LogP contribution in [0.15, 0.2) is 35.3 Å². The molecule has 1 saturated carbocycles. The Morgan fingerprint density at radius 2 is 1.71 bits per heavy atom. The highest BCUT2D eigenvalue weighted by atomic mass is 32.2. The van der Waals surface area contributed by atoms with Gasteiger partial charge in [0, 0.05) is 18.8 Å². The summed E-state index contributed by atoms with van der Waals surface area (Å²) < 4.78 is 0. The van der Waals surface area contributed by atoms with Gasteiger partial charge in [-0.15, -0.1) is 0 Å². The van der Waals surface area contributed by atoms with E-state index in [1.807, 2.05) is 11.8 Å². The molecule has 3 heteroatoms. The number of thioether (sulfide) groups is 1. The van der Waals surface area contributed by atoms with Crippen molar-refractivity contribution in [3.05, 3.63) is 35.9 Å². The second-order valence-corrected chi connectivity index (χ2v) is 7.11. The first-order chi connectivity index (χ1) is 10.4. The third kappa shape index (κ3) is 4.50. The van der Waals surface area contributed by atoms with Gasteiger partial charge in [0.2, 0.25) is 0 Å². The van der Waals surface area contributed by atoms with E-state index in [9.17, 15) is 0 Å². The number of hydrogen-bond acceptors (Lipinski definition) is 2. The molecule has 2 aliphatic rings. The molecule has 1 aliphatic carbocycles. The molecule has 21 heavy (non-hydrogen) atoms. The van der Waals surface area contributed by atoms with Gasteiger partial charge in [-0.3, -0.25) is 4.99 Å². The molecule has 0 unspecified atom stereocenters. The SMILES string of the molecule is c1ccc(CSC(=NC2CCCCC2)N2CCCC2)cc1. The van der Waals surface area contributed by atoms with Crippen LogP contribution < -0.4 is 0 Å². The van der Waals surface area contributed by atoms with E-state index >= 15 is 0 Å². The van der Waals surface area contributed by atoms with Gasteiger partial charge in [0.25, 0.3) is 0 Å². The number of aliphatic imine (C=N–C) groups is 1. The predicted molar refractivity (Wildman–Crippen MR) is 92.9 cm³/mol. The molecule has 1 aliphatic heterocycles. The van der Waals surface area contributed by atoms with Crippen molar-refractivity contribution in [2.75, 3.05) is 13.1 Å². The van der Waals surface area contributed by atoms with Gasteiger partial charge in [0.15, 0.2) is 5.17 Å². The number of benzene rings is 1. The summed E-state index contributed by atoms with van der Waals surface area (Å²) in [7, 11) is 0. The highest BCUT2D eigenvalue weighted by molar-refractivity contribution is 8.13. The Balaban J connectivity index is 1.65. The molecule has 1 heterocycles. The molecule has 2 nitrogen and oxygen atoms in total. The lowest BCUT2D eigenvalue weighted by Crippen LogP contribution is -2.27. The minimum absolute atomic E-state index is 0.581. The van der Waals surface area contributed by atoms with Crippen molar-refractivity contribution >= 4 is 16.9 Å². The summed E-state index contributed by atoms with van der Waals surface area (Å²) in [5, 5.41) is 1.31. The van der Waals surface area contributed by atoms with E-state index in [4.69, 9.17) is 4.99 Å². The fourth-order valence-corrected chi connectivity index (χ4v) is 4.28. The van der Waals surface area contributed by atoms with Gasteiger partial charge in [0.05, 0.1) is 6.04 Å². The van der Waals surface area contributed by atoms with Crippen LogP contribution >= 0.6 is 11.8 Å². The second kappa shape index (κ2) is 7.88. The number of amidine groups is 1. The van der Waals surface area contributed by atoms with Crippen LogP contribution in [0.4, 0.5) is 0 Å². The zero-order valence-electron chi connectivity index (χ0n) is 12.8. The van der Waals surface area contributed by atoms with Crippen molar-refractivity contribution in [2.24, 2.45) is 4.99 Å². The van der Waals surface area contributed by atoms with Crippen LogP contribution in [-0.2, 0) is 5.75 Å². The normalized spacial score (nSPS) is 21.0. The molecule has 0 amide bonds. The van der Waals surface area contributed by atoms with Crippen molar-refractivity contribution < 1.29 is 0 Å². The maximum atomic E-state index is 5.14. The molecular formula is C18H26N2S. The Morgan fingerprint density at radius 3 is 2.43 bits per heavy atom. The van der Waals surface area contributed by atoms with Gasteiger partial charge in [0.1, 0.15) is 0 Å². The fraction of sp³-hybridized carbons (Fsp3) is 0.611. The molecule has 0 aromatic heterocycles. The van der Waals surface area contributed by atoms with Crippen molar-refractivity contribution in [2.45, 2.75) is 56.7 Å². The summed E-state index contributed by atoms with van der Waals surface area (Å²) in [4.78, 5) is 7.65. The van der Waals surface area contributed by atoms with Crippen molar-refractivity contribution in [3.8, 4) is 0 Å². The molecule has 0 N–H and O–H groups in total. The lowest BCUT2D eigenvalue weighted by Gasteiger charge is -2.24. The average Bonchev–Trinajstić information content (AvgIpc) is 3.08. The number of rotatable bonds is 3. The number of nitrogens with zero attached hydrogens (tertiary/aromatic N) is 2. The Morgan fingerprint density at radius 1 is 1.00 bits per heavy atom. The summed E-state index contributed by atoms with van der Waals surface area (Å²) in [6, 6.07) is 11.4. The van der Waals surface area contributed by atoms with Crippen LogP contribution in [0.2, 0.25) is 0 Å². The van der Waals surface area contributed by atoms with Gasteiger partial charge in [-0.25, -0.2) is 0 Å². The van der Waals surface area contributed by atoms with Gasteiger partial charge in [-0.2, -0.15) is 0 Å². The first-order valence-electron chi connectivity index (χ1n) is 8.41. The van der Waals surface area contributed by atoms with Crippen LogP contribution in [0.25, 0.3) is 0 Å². The highest BCUT2D eigenvalue weighted by Crippen LogP contribution is 2.25. The fourth-order valence-electron chi connectivity index (χ4n) is 3.21. The summed E-state index contributed by atoms with van der Waals surface area (Å²) in [6.45, 7) is 2.40. The van der Waals surface area contributed by atoms with Crippen LogP contribution in [0.3, 0.4) is 0 Å². The minimum atomic E-state index is 0.581. The molecular weight excluding hydrogens is 276 g/mol. The standard InChI is InChI=1S/C18H26N2S/c1-3-9-16(10-4-1)15-21-18(20-13-7-8-14-20)19-17-11-5-2-6-12-17/h1,3-4,9-10,17H,2,5-8,11-15H2. The molecule has 2 fully saturated rings. The van der Waals surface area contributed by atoms with Crippen LogP contribution in [0.5, 0.6) is 0 Å². The second-order valence-electron chi connectivity index (χ2n) is 6.17. The number of likely N-dealkylation sites (tertiary alicyclic amines) is 1. The molecule has 0 radical (unpaired) electrons. The van der Waals surface area contributed by atoms with Crippen LogP contribution in [0.1, 0.15) is 50.5 Å². The van der Waals surface area contributed by atoms with E-state index in [1.165, 1.54) is 68.8 Å². The summed E-state index contributed by atoms with van der Waals surface area (Å²) in [5.41, 5.74) is 1.40. The Hall–Kier alpha value is -0.960. The topological polar surface area (TPSA) is 15.6 Å².